The number of aromatic nitrogens is 1. The highest BCUT2D eigenvalue weighted by Gasteiger charge is 2.18. The van der Waals surface area contributed by atoms with Crippen molar-refractivity contribution in [3.63, 3.8) is 0 Å². The number of carbonyl (C=O) groups is 2. The molecule has 0 aliphatic heterocycles. The number of carbonyl (C=O) groups excluding carboxylic acids is 2. The van der Waals surface area contributed by atoms with Gasteiger partial charge < -0.3 is 13.9 Å². The smallest absolute Gasteiger partial charge is 0.358 e. The largest absolute Gasteiger partial charge is 0.465 e. The maximum absolute atomic E-state index is 12.0. The molecule has 6 nitrogen and oxygen atoms in total. The van der Waals surface area contributed by atoms with E-state index < -0.39 is 11.9 Å². The molecule has 118 valence electrons. The molecule has 0 atom stereocenters. The van der Waals surface area contributed by atoms with Crippen molar-refractivity contribution in [2.75, 3.05) is 7.11 Å². The zero-order chi connectivity index (χ0) is 16.2. The van der Waals surface area contributed by atoms with Crippen LogP contribution in [0.15, 0.2) is 39.6 Å². The average molecular weight is 349 g/mol. The number of thiophene rings is 1. The molecule has 23 heavy (non-hydrogen) atoms. The lowest BCUT2D eigenvalue weighted by molar-refractivity contribution is 0.0427. The fraction of sp³-hybridized carbons (Fsp3) is 0.133. The van der Waals surface area contributed by atoms with Crippen molar-refractivity contribution in [1.29, 1.82) is 0 Å². The Morgan fingerprint density at radius 3 is 2.87 bits per heavy atom. The lowest BCUT2D eigenvalue weighted by Crippen LogP contribution is -2.08. The molecule has 0 aromatic carbocycles. The van der Waals surface area contributed by atoms with Gasteiger partial charge in [0.25, 0.3) is 0 Å². The molecule has 0 radical (unpaired) electrons. The summed E-state index contributed by atoms with van der Waals surface area (Å²) >= 11 is 2.92. The van der Waals surface area contributed by atoms with Crippen LogP contribution in [-0.4, -0.2) is 24.0 Å². The summed E-state index contributed by atoms with van der Waals surface area (Å²) in [5.41, 5.74) is 0.461. The molecule has 0 aliphatic rings. The topological polar surface area (TPSA) is 78.6 Å². The molecule has 3 aromatic heterocycles. The summed E-state index contributed by atoms with van der Waals surface area (Å²) in [4.78, 5) is 28.8. The van der Waals surface area contributed by atoms with Crippen molar-refractivity contribution in [2.45, 2.75) is 6.61 Å². The van der Waals surface area contributed by atoms with Gasteiger partial charge in [-0.2, -0.15) is 0 Å². The van der Waals surface area contributed by atoms with E-state index >= 15 is 0 Å². The predicted octanol–water partition coefficient (Wildman–Crippen LogP) is 3.61. The Bertz CT molecular complexity index is 819. The minimum Gasteiger partial charge on any atom is -0.465 e. The van der Waals surface area contributed by atoms with Crippen molar-refractivity contribution in [2.24, 2.45) is 0 Å². The maximum atomic E-state index is 12.0. The highest BCUT2D eigenvalue weighted by Crippen LogP contribution is 2.28. The minimum absolute atomic E-state index is 0.165. The van der Waals surface area contributed by atoms with E-state index in [9.17, 15) is 9.59 Å². The summed E-state index contributed by atoms with van der Waals surface area (Å²) in [6.07, 6.45) is 1.34. The second kappa shape index (κ2) is 6.76. The quantitative estimate of drug-likeness (QED) is 0.655. The third-order valence-electron chi connectivity index (χ3n) is 2.93. The van der Waals surface area contributed by atoms with Crippen LogP contribution in [0.25, 0.3) is 9.88 Å². The van der Waals surface area contributed by atoms with Crippen LogP contribution in [0.2, 0.25) is 0 Å². The molecule has 0 amide bonds. The molecular formula is C15H11NO5S2. The Kier molecular flexibility index (Phi) is 4.54. The molecule has 3 aromatic rings. The van der Waals surface area contributed by atoms with Gasteiger partial charge in [-0.1, -0.05) is 6.07 Å². The number of methoxy groups -OCH3 is 1. The molecule has 0 unspecified atom stereocenters. The van der Waals surface area contributed by atoms with E-state index in [0.717, 1.165) is 9.88 Å². The number of furan rings is 1. The predicted molar refractivity (Wildman–Crippen MR) is 84.6 cm³/mol. The summed E-state index contributed by atoms with van der Waals surface area (Å²) < 4.78 is 14.9. The van der Waals surface area contributed by atoms with Crippen LogP contribution in [0.3, 0.4) is 0 Å². The Morgan fingerprint density at radius 1 is 1.26 bits per heavy atom. The first kappa shape index (κ1) is 15.4. The van der Waals surface area contributed by atoms with E-state index in [1.807, 2.05) is 17.5 Å². The van der Waals surface area contributed by atoms with Gasteiger partial charge in [0.15, 0.2) is 18.1 Å². The van der Waals surface area contributed by atoms with E-state index in [4.69, 9.17) is 9.15 Å². The summed E-state index contributed by atoms with van der Waals surface area (Å²) in [7, 11) is 1.27. The molecule has 0 saturated carbocycles. The number of hydrogen-bond acceptors (Lipinski definition) is 8. The second-order valence-electron chi connectivity index (χ2n) is 4.34. The lowest BCUT2D eigenvalue weighted by Gasteiger charge is -2.02. The summed E-state index contributed by atoms with van der Waals surface area (Å²) in [6, 6.07) is 5.32. The summed E-state index contributed by atoms with van der Waals surface area (Å²) in [6.45, 7) is -0.165. The van der Waals surface area contributed by atoms with Crippen LogP contribution in [0.4, 0.5) is 0 Å². The highest BCUT2D eigenvalue weighted by atomic mass is 32.1. The van der Waals surface area contributed by atoms with Crippen molar-refractivity contribution < 1.29 is 23.5 Å². The van der Waals surface area contributed by atoms with Crippen LogP contribution in [-0.2, 0) is 16.1 Å². The Morgan fingerprint density at radius 2 is 2.13 bits per heavy atom. The monoisotopic (exact) mass is 349 g/mol. The van der Waals surface area contributed by atoms with Gasteiger partial charge in [-0.05, 0) is 17.5 Å². The van der Waals surface area contributed by atoms with Gasteiger partial charge in [-0.25, -0.2) is 14.6 Å². The number of esters is 2. The maximum Gasteiger partial charge on any atom is 0.358 e. The SMILES string of the molecule is COC(=O)c1ccoc1COC(=O)c1csc(-c2cccs2)n1. The molecule has 0 fully saturated rings. The minimum atomic E-state index is -0.573. The van der Waals surface area contributed by atoms with Gasteiger partial charge in [0.2, 0.25) is 0 Å². The fourth-order valence-electron chi connectivity index (χ4n) is 1.83. The zero-order valence-corrected chi connectivity index (χ0v) is 13.6. The average Bonchev–Trinajstić information content (AvgIpc) is 3.32. The van der Waals surface area contributed by atoms with Crippen molar-refractivity contribution in [3.05, 3.63) is 52.2 Å². The van der Waals surface area contributed by atoms with E-state index in [1.165, 1.54) is 30.8 Å². The van der Waals surface area contributed by atoms with Gasteiger partial charge in [0.05, 0.1) is 18.3 Å². The molecule has 0 saturated heterocycles. The van der Waals surface area contributed by atoms with Crippen LogP contribution < -0.4 is 0 Å². The first-order valence-corrected chi connectivity index (χ1v) is 8.26. The van der Waals surface area contributed by atoms with Gasteiger partial charge >= 0.3 is 11.9 Å². The Balaban J connectivity index is 1.66. The Labute approximate surface area is 139 Å². The van der Waals surface area contributed by atoms with Crippen molar-refractivity contribution in [3.8, 4) is 9.88 Å². The van der Waals surface area contributed by atoms with Crippen LogP contribution in [0.5, 0.6) is 0 Å². The van der Waals surface area contributed by atoms with Gasteiger partial charge in [-0.3, -0.25) is 0 Å². The first-order valence-electron chi connectivity index (χ1n) is 6.50. The summed E-state index contributed by atoms with van der Waals surface area (Å²) in [5.74, 6) is -0.881. The number of rotatable bonds is 5. The molecule has 3 rings (SSSR count). The van der Waals surface area contributed by atoms with Crippen LogP contribution in [0.1, 0.15) is 26.6 Å². The lowest BCUT2D eigenvalue weighted by atomic mass is 10.2. The first-order chi connectivity index (χ1) is 11.2. The van der Waals surface area contributed by atoms with Crippen LogP contribution >= 0.6 is 22.7 Å². The van der Waals surface area contributed by atoms with Gasteiger partial charge in [0.1, 0.15) is 10.6 Å². The number of thiazole rings is 1. The second-order valence-corrected chi connectivity index (χ2v) is 6.15. The third kappa shape index (κ3) is 3.33. The molecule has 3 heterocycles. The van der Waals surface area contributed by atoms with Crippen molar-refractivity contribution >= 4 is 34.6 Å². The molecule has 0 bridgehead atoms. The van der Waals surface area contributed by atoms with E-state index in [1.54, 1.807) is 16.7 Å². The normalized spacial score (nSPS) is 10.5. The standard InChI is InChI=1S/C15H11NO5S2/c1-19-14(17)9-4-5-20-11(9)7-21-15(18)10-8-23-13(16-10)12-3-2-6-22-12/h2-6,8H,7H2,1H3. The third-order valence-corrected chi connectivity index (χ3v) is 4.81. The van der Waals surface area contributed by atoms with Gasteiger partial charge in [0, 0.05) is 5.38 Å². The van der Waals surface area contributed by atoms with Crippen molar-refractivity contribution in [1.82, 2.24) is 4.98 Å². The number of nitrogens with zero attached hydrogens (tertiary/aromatic N) is 1. The molecule has 0 aliphatic carbocycles. The number of hydrogen-bond donors (Lipinski definition) is 0. The van der Waals surface area contributed by atoms with Crippen LogP contribution in [0, 0.1) is 0 Å². The number of ether oxygens (including phenoxy) is 2. The summed E-state index contributed by atoms with van der Waals surface area (Å²) in [5, 5.41) is 4.35. The van der Waals surface area contributed by atoms with E-state index in [0.29, 0.717) is 0 Å². The molecule has 0 spiro atoms. The molecular weight excluding hydrogens is 338 g/mol. The van der Waals surface area contributed by atoms with E-state index in [2.05, 4.69) is 9.72 Å². The van der Waals surface area contributed by atoms with Gasteiger partial charge in [-0.15, -0.1) is 22.7 Å². The Hall–Kier alpha value is -2.45. The van der Waals surface area contributed by atoms with E-state index in [-0.39, 0.29) is 23.6 Å². The highest BCUT2D eigenvalue weighted by molar-refractivity contribution is 7.20. The molecule has 8 heteroatoms. The fourth-order valence-corrected chi connectivity index (χ4v) is 3.43. The molecule has 0 N–H and O–H groups in total. The zero-order valence-electron chi connectivity index (χ0n) is 12.0.